The zero-order valence-electron chi connectivity index (χ0n) is 10.3. The normalized spacial score (nSPS) is 11.3. The first-order valence-corrected chi connectivity index (χ1v) is 8.15. The molecule has 0 bridgehead atoms. The first-order chi connectivity index (χ1) is 9.05. The van der Waals surface area contributed by atoms with Gasteiger partial charge in [0, 0.05) is 18.6 Å². The monoisotopic (exact) mass is 340 g/mol. The molecule has 0 aliphatic carbocycles. The summed E-state index contributed by atoms with van der Waals surface area (Å²) in [5.74, 6) is 0. The van der Waals surface area contributed by atoms with Crippen LogP contribution in [0.3, 0.4) is 0 Å². The standard InChI is InChI=1S/C13H13BrN2O2S/c1-16(12-3-2-8-15-10-12)19(17,18)13-6-4-11(9-14)5-7-13/h2-8,10H,9H2,1H3. The zero-order valence-corrected chi connectivity index (χ0v) is 12.7. The number of alkyl halides is 1. The van der Waals surface area contributed by atoms with Crippen LogP contribution in [-0.2, 0) is 15.4 Å². The number of hydrogen-bond acceptors (Lipinski definition) is 3. The van der Waals surface area contributed by atoms with Crippen molar-refractivity contribution in [2.24, 2.45) is 0 Å². The smallest absolute Gasteiger partial charge is 0.264 e. The minimum Gasteiger partial charge on any atom is -0.268 e. The Balaban J connectivity index is 2.36. The summed E-state index contributed by atoms with van der Waals surface area (Å²) in [6.45, 7) is 0. The summed E-state index contributed by atoms with van der Waals surface area (Å²) in [6.07, 6.45) is 3.12. The summed E-state index contributed by atoms with van der Waals surface area (Å²) >= 11 is 3.33. The molecule has 0 unspecified atom stereocenters. The Kier molecular flexibility index (Phi) is 4.21. The van der Waals surface area contributed by atoms with Crippen molar-refractivity contribution in [1.82, 2.24) is 4.98 Å². The third kappa shape index (κ3) is 2.96. The number of sulfonamides is 1. The van der Waals surface area contributed by atoms with Crippen molar-refractivity contribution >= 4 is 31.6 Å². The van der Waals surface area contributed by atoms with E-state index in [-0.39, 0.29) is 4.90 Å². The van der Waals surface area contributed by atoms with Crippen LogP contribution >= 0.6 is 15.9 Å². The van der Waals surface area contributed by atoms with E-state index < -0.39 is 10.0 Å². The molecule has 0 spiro atoms. The van der Waals surface area contributed by atoms with Crippen molar-refractivity contribution in [3.8, 4) is 0 Å². The predicted octanol–water partition coefficient (Wildman–Crippen LogP) is 2.80. The van der Waals surface area contributed by atoms with Gasteiger partial charge in [0.05, 0.1) is 16.8 Å². The van der Waals surface area contributed by atoms with Gasteiger partial charge in [-0.05, 0) is 29.8 Å². The molecule has 100 valence electrons. The fourth-order valence-corrected chi connectivity index (χ4v) is 3.14. The molecule has 1 aromatic heterocycles. The molecule has 1 heterocycles. The highest BCUT2D eigenvalue weighted by Crippen LogP contribution is 2.21. The van der Waals surface area contributed by atoms with Gasteiger partial charge in [-0.1, -0.05) is 28.1 Å². The van der Waals surface area contributed by atoms with E-state index in [1.165, 1.54) is 17.5 Å². The van der Waals surface area contributed by atoms with Crippen molar-refractivity contribution in [1.29, 1.82) is 0 Å². The number of pyridine rings is 1. The summed E-state index contributed by atoms with van der Waals surface area (Å²) in [5.41, 5.74) is 1.56. The second-order valence-electron chi connectivity index (χ2n) is 3.96. The lowest BCUT2D eigenvalue weighted by Gasteiger charge is -2.19. The molecule has 4 nitrogen and oxygen atoms in total. The zero-order chi connectivity index (χ0) is 13.9. The van der Waals surface area contributed by atoms with Crippen molar-refractivity contribution < 1.29 is 8.42 Å². The van der Waals surface area contributed by atoms with E-state index in [0.29, 0.717) is 11.0 Å². The molecule has 0 saturated heterocycles. The van der Waals surface area contributed by atoms with E-state index in [9.17, 15) is 8.42 Å². The lowest BCUT2D eigenvalue weighted by molar-refractivity contribution is 0.594. The first-order valence-electron chi connectivity index (χ1n) is 5.59. The average molecular weight is 341 g/mol. The van der Waals surface area contributed by atoms with Crippen LogP contribution in [-0.4, -0.2) is 20.4 Å². The van der Waals surface area contributed by atoms with E-state index in [1.54, 1.807) is 42.6 Å². The van der Waals surface area contributed by atoms with Gasteiger partial charge in [0.2, 0.25) is 0 Å². The van der Waals surface area contributed by atoms with Crippen molar-refractivity contribution in [2.45, 2.75) is 10.2 Å². The Morgan fingerprint density at radius 3 is 2.42 bits per heavy atom. The maximum absolute atomic E-state index is 12.4. The predicted molar refractivity (Wildman–Crippen MR) is 78.9 cm³/mol. The molecular weight excluding hydrogens is 328 g/mol. The third-order valence-corrected chi connectivity index (χ3v) is 5.19. The van der Waals surface area contributed by atoms with Crippen LogP contribution < -0.4 is 4.31 Å². The van der Waals surface area contributed by atoms with E-state index >= 15 is 0 Å². The van der Waals surface area contributed by atoms with E-state index in [4.69, 9.17) is 0 Å². The molecule has 0 amide bonds. The number of anilines is 1. The van der Waals surface area contributed by atoms with Gasteiger partial charge in [-0.2, -0.15) is 0 Å². The van der Waals surface area contributed by atoms with Crippen LogP contribution in [0.2, 0.25) is 0 Å². The lowest BCUT2D eigenvalue weighted by Crippen LogP contribution is -2.26. The maximum Gasteiger partial charge on any atom is 0.264 e. The van der Waals surface area contributed by atoms with Crippen LogP contribution in [0.1, 0.15) is 5.56 Å². The Bertz CT molecular complexity index is 642. The largest absolute Gasteiger partial charge is 0.268 e. The fourth-order valence-electron chi connectivity index (χ4n) is 1.59. The highest BCUT2D eigenvalue weighted by Gasteiger charge is 2.21. The molecule has 19 heavy (non-hydrogen) atoms. The summed E-state index contributed by atoms with van der Waals surface area (Å²) in [7, 11) is -2.02. The van der Waals surface area contributed by atoms with E-state index in [0.717, 1.165) is 5.56 Å². The summed E-state index contributed by atoms with van der Waals surface area (Å²) < 4.78 is 26.1. The van der Waals surface area contributed by atoms with E-state index in [2.05, 4.69) is 20.9 Å². The van der Waals surface area contributed by atoms with E-state index in [1.807, 2.05) is 0 Å². The van der Waals surface area contributed by atoms with Crippen LogP contribution in [0.4, 0.5) is 5.69 Å². The minimum absolute atomic E-state index is 0.267. The quantitative estimate of drug-likeness (QED) is 0.804. The highest BCUT2D eigenvalue weighted by atomic mass is 79.9. The average Bonchev–Trinajstić information content (AvgIpc) is 2.47. The second-order valence-corrected chi connectivity index (χ2v) is 6.49. The highest BCUT2D eigenvalue weighted by molar-refractivity contribution is 9.08. The Morgan fingerprint density at radius 2 is 1.89 bits per heavy atom. The molecule has 0 aliphatic rings. The first kappa shape index (κ1) is 14.0. The van der Waals surface area contributed by atoms with Gasteiger partial charge in [0.25, 0.3) is 10.0 Å². The third-order valence-electron chi connectivity index (χ3n) is 2.75. The van der Waals surface area contributed by atoms with Crippen LogP contribution in [0, 0.1) is 0 Å². The van der Waals surface area contributed by atoms with Crippen molar-refractivity contribution in [2.75, 3.05) is 11.4 Å². The Hall–Kier alpha value is -1.40. The van der Waals surface area contributed by atoms with Crippen LogP contribution in [0.5, 0.6) is 0 Å². The number of aromatic nitrogens is 1. The molecule has 2 aromatic rings. The second kappa shape index (κ2) is 5.71. The molecule has 0 radical (unpaired) electrons. The molecule has 0 saturated carbocycles. The van der Waals surface area contributed by atoms with Gasteiger partial charge < -0.3 is 0 Å². The Morgan fingerprint density at radius 1 is 1.21 bits per heavy atom. The van der Waals surface area contributed by atoms with Crippen LogP contribution in [0.15, 0.2) is 53.7 Å². The molecule has 6 heteroatoms. The lowest BCUT2D eigenvalue weighted by atomic mass is 10.2. The van der Waals surface area contributed by atoms with Gasteiger partial charge in [-0.3, -0.25) is 9.29 Å². The van der Waals surface area contributed by atoms with Gasteiger partial charge in [0.1, 0.15) is 0 Å². The molecule has 0 atom stereocenters. The number of benzene rings is 1. The fraction of sp³-hybridized carbons (Fsp3) is 0.154. The molecule has 0 aliphatic heterocycles. The SMILES string of the molecule is CN(c1cccnc1)S(=O)(=O)c1ccc(CBr)cc1. The maximum atomic E-state index is 12.4. The van der Waals surface area contributed by atoms with Crippen molar-refractivity contribution in [3.63, 3.8) is 0 Å². The topological polar surface area (TPSA) is 50.3 Å². The molecule has 0 N–H and O–H groups in total. The Labute approximate surface area is 121 Å². The van der Waals surface area contributed by atoms with Crippen molar-refractivity contribution in [3.05, 3.63) is 54.4 Å². The molecule has 2 rings (SSSR count). The van der Waals surface area contributed by atoms with Crippen LogP contribution in [0.25, 0.3) is 0 Å². The number of nitrogens with zero attached hydrogens (tertiary/aromatic N) is 2. The number of hydrogen-bond donors (Lipinski definition) is 0. The molecular formula is C13H13BrN2O2S. The minimum atomic E-state index is -3.54. The summed E-state index contributed by atoms with van der Waals surface area (Å²) in [6, 6.07) is 10.2. The number of rotatable bonds is 4. The van der Waals surface area contributed by atoms with Gasteiger partial charge in [-0.25, -0.2) is 8.42 Å². The van der Waals surface area contributed by atoms with Gasteiger partial charge in [-0.15, -0.1) is 0 Å². The molecule has 1 aromatic carbocycles. The summed E-state index contributed by atoms with van der Waals surface area (Å²) in [4.78, 5) is 4.20. The number of halogens is 1. The van der Waals surface area contributed by atoms with Gasteiger partial charge in [0.15, 0.2) is 0 Å². The van der Waals surface area contributed by atoms with Gasteiger partial charge >= 0.3 is 0 Å². The summed E-state index contributed by atoms with van der Waals surface area (Å²) in [5, 5.41) is 0.700. The molecule has 0 fully saturated rings.